The SMILES string of the molecule is C.CC12CCC3c4ccc(O)cc4CCC3C1CCC2=O.CN(C)S(=O)(=O)Oc1ccc2c(c1)CCC1C2CCC2(C)C(=O)CCC12. The van der Waals surface area contributed by atoms with E-state index in [4.69, 9.17) is 4.18 Å². The smallest absolute Gasteiger partial charge is 0.384 e. The molecule has 0 aromatic heterocycles. The number of fused-ring (bicyclic) bond motifs is 10. The van der Waals surface area contributed by atoms with Crippen LogP contribution in [0, 0.1) is 34.5 Å². The topological polar surface area (TPSA) is 101 Å². The van der Waals surface area contributed by atoms with Crippen molar-refractivity contribution in [3.05, 3.63) is 58.7 Å². The van der Waals surface area contributed by atoms with E-state index in [0.717, 1.165) is 74.9 Å². The molecular weight excluding hydrogens is 610 g/mol. The van der Waals surface area contributed by atoms with Crippen LogP contribution in [0.1, 0.15) is 120 Å². The first-order valence-corrected chi connectivity index (χ1v) is 18.8. The third-order valence-electron chi connectivity index (χ3n) is 13.5. The number of ketones is 2. The molecule has 47 heavy (non-hydrogen) atoms. The molecule has 0 saturated heterocycles. The number of aryl methyl sites for hydroxylation is 2. The normalized spacial score (nSPS) is 35.2. The average molecular weight is 664 g/mol. The maximum Gasteiger partial charge on any atom is 0.384 e. The van der Waals surface area contributed by atoms with E-state index in [0.29, 0.717) is 58.6 Å². The number of rotatable bonds is 3. The van der Waals surface area contributed by atoms with Gasteiger partial charge in [0.1, 0.15) is 23.1 Å². The van der Waals surface area contributed by atoms with Crippen molar-refractivity contribution in [3.63, 3.8) is 0 Å². The molecule has 0 amide bonds. The van der Waals surface area contributed by atoms with E-state index in [1.165, 1.54) is 42.8 Å². The van der Waals surface area contributed by atoms with Crippen LogP contribution in [0.25, 0.3) is 0 Å². The minimum atomic E-state index is -3.73. The molecule has 0 heterocycles. The van der Waals surface area contributed by atoms with Gasteiger partial charge in [-0.1, -0.05) is 33.4 Å². The van der Waals surface area contributed by atoms with Crippen LogP contribution < -0.4 is 4.18 Å². The summed E-state index contributed by atoms with van der Waals surface area (Å²) in [6.07, 6.45) is 12.2. The molecule has 7 nitrogen and oxygen atoms in total. The van der Waals surface area contributed by atoms with Gasteiger partial charge in [-0.15, -0.1) is 0 Å². The van der Waals surface area contributed by atoms with E-state index in [1.54, 1.807) is 6.07 Å². The molecule has 256 valence electrons. The molecule has 2 aromatic rings. The number of aromatic hydroxyl groups is 1. The highest BCUT2D eigenvalue weighted by atomic mass is 32.2. The van der Waals surface area contributed by atoms with Gasteiger partial charge in [-0.05, 0) is 146 Å². The van der Waals surface area contributed by atoms with Crippen LogP contribution in [0.2, 0.25) is 0 Å². The Hall–Kier alpha value is -2.71. The van der Waals surface area contributed by atoms with Gasteiger partial charge >= 0.3 is 10.3 Å². The summed E-state index contributed by atoms with van der Waals surface area (Å²) in [5.41, 5.74) is 5.17. The quantitative estimate of drug-likeness (QED) is 0.361. The van der Waals surface area contributed by atoms with E-state index in [2.05, 4.69) is 19.9 Å². The van der Waals surface area contributed by atoms with Crippen molar-refractivity contribution >= 4 is 21.9 Å². The number of hydrogen-bond donors (Lipinski definition) is 1. The standard InChI is InChI=1S/C20H27NO4S.C18H22O2.CH4/c1-20-11-10-16-15-7-5-14(25-26(23,24)21(2)3)12-13(15)4-6-17(16)18(20)8-9-19(20)22;1-18-9-8-14-13-5-3-12(19)10-11(13)2-4-15(14)16(18)6-7-17(18)20;/h5,7,12,16-18H,4,6,8-11H2,1-3H3;3,5,10,14-16,19H,2,4,6-9H2,1H3;1H4. The number of Topliss-reactive ketones (excluding diaryl/α,β-unsaturated/α-hetero) is 2. The summed E-state index contributed by atoms with van der Waals surface area (Å²) in [6.45, 7) is 4.40. The summed E-state index contributed by atoms with van der Waals surface area (Å²) in [6, 6.07) is 11.6. The van der Waals surface area contributed by atoms with Crippen LogP contribution >= 0.6 is 0 Å². The zero-order chi connectivity index (χ0) is 32.6. The van der Waals surface area contributed by atoms with Gasteiger partial charge in [-0.3, -0.25) is 9.59 Å². The summed E-state index contributed by atoms with van der Waals surface area (Å²) in [5.74, 6) is 5.20. The Morgan fingerprint density at radius 3 is 1.72 bits per heavy atom. The van der Waals surface area contributed by atoms with Crippen LogP contribution in [0.4, 0.5) is 0 Å². The van der Waals surface area contributed by atoms with Gasteiger partial charge in [0.05, 0.1) is 0 Å². The zero-order valence-electron chi connectivity index (χ0n) is 27.8. The summed E-state index contributed by atoms with van der Waals surface area (Å²) in [4.78, 5) is 24.7. The predicted molar refractivity (Wildman–Crippen MR) is 184 cm³/mol. The first-order valence-electron chi connectivity index (χ1n) is 17.4. The van der Waals surface area contributed by atoms with E-state index in [-0.39, 0.29) is 18.3 Å². The Labute approximate surface area is 281 Å². The molecule has 4 saturated carbocycles. The monoisotopic (exact) mass is 663 g/mol. The molecule has 6 aliphatic carbocycles. The number of phenolic OH excluding ortho intramolecular Hbond substituents is 1. The highest BCUT2D eigenvalue weighted by molar-refractivity contribution is 7.84. The third kappa shape index (κ3) is 5.65. The molecule has 0 radical (unpaired) electrons. The first kappa shape index (κ1) is 34.2. The lowest BCUT2D eigenvalue weighted by Crippen LogP contribution is -2.42. The molecule has 8 unspecified atom stereocenters. The molecule has 8 rings (SSSR count). The van der Waals surface area contributed by atoms with Gasteiger partial charge in [0.15, 0.2) is 0 Å². The average Bonchev–Trinajstić information content (AvgIpc) is 3.50. The Bertz CT molecular complexity index is 1670. The second-order valence-corrected chi connectivity index (χ2v) is 17.5. The molecule has 2 aromatic carbocycles. The lowest BCUT2D eigenvalue weighted by Gasteiger charge is -2.48. The largest absolute Gasteiger partial charge is 0.508 e. The lowest BCUT2D eigenvalue weighted by molar-refractivity contribution is -0.130. The highest BCUT2D eigenvalue weighted by Crippen LogP contribution is 2.61. The minimum absolute atomic E-state index is 0. The fraction of sp³-hybridized carbons (Fsp3) is 0.641. The molecule has 8 atom stereocenters. The number of hydrogen-bond acceptors (Lipinski definition) is 6. The first-order chi connectivity index (χ1) is 21.8. The number of carbonyl (C=O) groups is 2. The van der Waals surface area contributed by atoms with Crippen LogP contribution in [-0.4, -0.2) is 43.5 Å². The summed E-state index contributed by atoms with van der Waals surface area (Å²) in [5, 5.41) is 9.67. The van der Waals surface area contributed by atoms with Crippen molar-refractivity contribution in [3.8, 4) is 11.5 Å². The Morgan fingerprint density at radius 2 is 1.21 bits per heavy atom. The molecule has 8 heteroatoms. The molecular formula is C39H53NO6S. The molecule has 4 fully saturated rings. The van der Waals surface area contributed by atoms with Gasteiger partial charge in [0.25, 0.3) is 0 Å². The highest BCUT2D eigenvalue weighted by Gasteiger charge is 2.55. The van der Waals surface area contributed by atoms with Crippen molar-refractivity contribution in [2.24, 2.45) is 34.5 Å². The van der Waals surface area contributed by atoms with Crippen LogP contribution in [0.15, 0.2) is 36.4 Å². The van der Waals surface area contributed by atoms with Crippen LogP contribution in [0.3, 0.4) is 0 Å². The van der Waals surface area contributed by atoms with Crippen LogP contribution in [-0.2, 0) is 32.7 Å². The van der Waals surface area contributed by atoms with Gasteiger partial charge in [-0.25, -0.2) is 0 Å². The van der Waals surface area contributed by atoms with Gasteiger partial charge in [0, 0.05) is 37.8 Å². The Morgan fingerprint density at radius 1 is 0.723 bits per heavy atom. The van der Waals surface area contributed by atoms with E-state index >= 15 is 0 Å². The third-order valence-corrected chi connectivity index (χ3v) is 14.8. The van der Waals surface area contributed by atoms with Crippen LogP contribution in [0.5, 0.6) is 11.5 Å². The minimum Gasteiger partial charge on any atom is -0.508 e. The second kappa shape index (κ2) is 12.3. The summed E-state index contributed by atoms with van der Waals surface area (Å²) >= 11 is 0. The van der Waals surface area contributed by atoms with Crippen molar-refractivity contribution in [1.82, 2.24) is 4.31 Å². The van der Waals surface area contributed by atoms with E-state index < -0.39 is 10.3 Å². The van der Waals surface area contributed by atoms with Crippen molar-refractivity contribution in [2.45, 2.75) is 110 Å². The maximum atomic E-state index is 12.4. The Balaban J connectivity index is 0.000000166. The van der Waals surface area contributed by atoms with Crippen molar-refractivity contribution in [1.29, 1.82) is 0 Å². The molecule has 0 bridgehead atoms. The molecule has 1 N–H and O–H groups in total. The maximum absolute atomic E-state index is 12.4. The van der Waals surface area contributed by atoms with Crippen molar-refractivity contribution < 1.29 is 27.3 Å². The van der Waals surface area contributed by atoms with E-state index in [1.807, 2.05) is 24.3 Å². The fourth-order valence-corrected chi connectivity index (χ4v) is 11.4. The summed E-state index contributed by atoms with van der Waals surface area (Å²) < 4.78 is 30.2. The predicted octanol–water partition coefficient (Wildman–Crippen LogP) is 7.75. The molecule has 0 spiro atoms. The van der Waals surface area contributed by atoms with Crippen molar-refractivity contribution in [2.75, 3.05) is 14.1 Å². The zero-order valence-corrected chi connectivity index (χ0v) is 28.6. The molecule has 0 aliphatic heterocycles. The summed E-state index contributed by atoms with van der Waals surface area (Å²) in [7, 11) is -0.814. The lowest BCUT2D eigenvalue weighted by atomic mass is 9.55. The fourth-order valence-electron chi connectivity index (χ4n) is 10.9. The number of carbonyl (C=O) groups excluding carboxylic acids is 2. The van der Waals surface area contributed by atoms with E-state index in [9.17, 15) is 23.1 Å². The number of nitrogens with zero attached hydrogens (tertiary/aromatic N) is 1. The van der Waals surface area contributed by atoms with Gasteiger partial charge in [0.2, 0.25) is 0 Å². The number of benzene rings is 2. The Kier molecular flexibility index (Phi) is 8.95. The second-order valence-electron chi connectivity index (χ2n) is 15.7. The molecule has 6 aliphatic rings. The number of phenols is 1. The van der Waals surface area contributed by atoms with Gasteiger partial charge < -0.3 is 9.29 Å². The van der Waals surface area contributed by atoms with Gasteiger partial charge in [-0.2, -0.15) is 12.7 Å².